The smallest absolute Gasteiger partial charge is 0.256 e. The number of amides is 1. The highest BCUT2D eigenvalue weighted by Gasteiger charge is 2.23. The predicted octanol–water partition coefficient (Wildman–Crippen LogP) is 3.84. The molecule has 4 heteroatoms. The van der Waals surface area contributed by atoms with E-state index in [0.29, 0.717) is 0 Å². The monoisotopic (exact) mass is 347 g/mol. The first kappa shape index (κ1) is 16.7. The molecule has 0 bridgehead atoms. The minimum Gasteiger partial charge on any atom is -0.369 e. The van der Waals surface area contributed by atoms with E-state index in [1.54, 1.807) is 0 Å². The number of hydrogen-bond donors (Lipinski definition) is 0. The normalized spacial score (nSPS) is 15.3. The Hall–Kier alpha value is -2.75. The fourth-order valence-corrected chi connectivity index (χ4v) is 3.96. The Bertz CT molecular complexity index is 943. The maximum atomic E-state index is 13.2. The van der Waals surface area contributed by atoms with Crippen LogP contribution in [0.25, 0.3) is 10.9 Å². The van der Waals surface area contributed by atoms with Crippen LogP contribution in [0.1, 0.15) is 22.3 Å². The molecule has 0 radical (unpaired) electrons. The van der Waals surface area contributed by atoms with Gasteiger partial charge in [-0.05, 0) is 31.0 Å². The summed E-state index contributed by atoms with van der Waals surface area (Å²) in [5, 5.41) is 1.04. The Morgan fingerprint density at radius 1 is 0.923 bits per heavy atom. The van der Waals surface area contributed by atoms with Crippen LogP contribution < -0.4 is 4.90 Å². The SMILES string of the molecule is Cc1ccccc1N1CCCN(C(=O)c2cn(C)c3ccccc23)CC1. The lowest BCUT2D eigenvalue weighted by Crippen LogP contribution is -2.35. The van der Waals surface area contributed by atoms with E-state index in [2.05, 4.69) is 42.2 Å². The molecule has 134 valence electrons. The van der Waals surface area contributed by atoms with Crippen LogP contribution in [0.5, 0.6) is 0 Å². The van der Waals surface area contributed by atoms with Crippen molar-refractivity contribution in [2.75, 3.05) is 31.1 Å². The van der Waals surface area contributed by atoms with Gasteiger partial charge in [0, 0.05) is 56.0 Å². The number of benzene rings is 2. The van der Waals surface area contributed by atoms with Gasteiger partial charge in [-0.25, -0.2) is 0 Å². The third-order valence-corrected chi connectivity index (χ3v) is 5.37. The van der Waals surface area contributed by atoms with Crippen molar-refractivity contribution in [2.45, 2.75) is 13.3 Å². The van der Waals surface area contributed by atoms with Crippen LogP contribution >= 0.6 is 0 Å². The minimum atomic E-state index is 0.147. The zero-order chi connectivity index (χ0) is 18.1. The highest BCUT2D eigenvalue weighted by molar-refractivity contribution is 6.07. The van der Waals surface area contributed by atoms with Gasteiger partial charge in [0.25, 0.3) is 5.91 Å². The summed E-state index contributed by atoms with van der Waals surface area (Å²) in [5.41, 5.74) is 4.49. The van der Waals surface area contributed by atoms with Crippen molar-refractivity contribution < 1.29 is 4.79 Å². The molecule has 4 nitrogen and oxygen atoms in total. The molecule has 4 rings (SSSR count). The molecule has 1 fully saturated rings. The Balaban J connectivity index is 1.55. The summed E-state index contributed by atoms with van der Waals surface area (Å²) >= 11 is 0. The molecule has 26 heavy (non-hydrogen) atoms. The zero-order valence-corrected chi connectivity index (χ0v) is 15.5. The lowest BCUT2D eigenvalue weighted by Gasteiger charge is -2.25. The van der Waals surface area contributed by atoms with Crippen LogP contribution in [0.3, 0.4) is 0 Å². The Morgan fingerprint density at radius 2 is 1.69 bits per heavy atom. The molecular weight excluding hydrogens is 322 g/mol. The van der Waals surface area contributed by atoms with Crippen molar-refractivity contribution in [1.82, 2.24) is 9.47 Å². The summed E-state index contributed by atoms with van der Waals surface area (Å²) in [7, 11) is 2.00. The lowest BCUT2D eigenvalue weighted by molar-refractivity contribution is 0.0769. The quantitative estimate of drug-likeness (QED) is 0.705. The van der Waals surface area contributed by atoms with Crippen molar-refractivity contribution in [3.8, 4) is 0 Å². The molecule has 0 atom stereocenters. The van der Waals surface area contributed by atoms with E-state index in [9.17, 15) is 4.79 Å². The number of hydrogen-bond acceptors (Lipinski definition) is 2. The minimum absolute atomic E-state index is 0.147. The maximum absolute atomic E-state index is 13.2. The van der Waals surface area contributed by atoms with Crippen LogP contribution in [0.4, 0.5) is 5.69 Å². The summed E-state index contributed by atoms with van der Waals surface area (Å²) in [6, 6.07) is 16.6. The first-order valence-corrected chi connectivity index (χ1v) is 9.29. The van der Waals surface area contributed by atoms with Gasteiger partial charge in [0.1, 0.15) is 0 Å². The molecule has 0 spiro atoms. The van der Waals surface area contributed by atoms with Gasteiger partial charge >= 0.3 is 0 Å². The number of aryl methyl sites for hydroxylation is 2. The third-order valence-electron chi connectivity index (χ3n) is 5.37. The molecule has 0 aliphatic carbocycles. The van der Waals surface area contributed by atoms with E-state index in [-0.39, 0.29) is 5.91 Å². The lowest BCUT2D eigenvalue weighted by atomic mass is 10.1. The number of aromatic nitrogens is 1. The Morgan fingerprint density at radius 3 is 2.54 bits per heavy atom. The molecule has 0 unspecified atom stereocenters. The predicted molar refractivity (Wildman–Crippen MR) is 107 cm³/mol. The standard InChI is InChI=1S/C22H25N3O/c1-17-8-3-5-10-20(17)24-12-7-13-25(15-14-24)22(26)19-16-23(2)21-11-6-4-9-18(19)21/h3-6,8-11,16H,7,12-15H2,1-2H3. The van der Waals surface area contributed by atoms with E-state index in [0.717, 1.165) is 49.1 Å². The average molecular weight is 347 g/mol. The van der Waals surface area contributed by atoms with Gasteiger partial charge in [0.2, 0.25) is 0 Å². The molecule has 1 aliphatic rings. The second-order valence-corrected chi connectivity index (χ2v) is 7.09. The summed E-state index contributed by atoms with van der Waals surface area (Å²) in [6.07, 6.45) is 2.96. The molecule has 0 saturated carbocycles. The Labute approximate surface area is 154 Å². The van der Waals surface area contributed by atoms with Crippen molar-refractivity contribution >= 4 is 22.5 Å². The molecule has 2 heterocycles. The summed E-state index contributed by atoms with van der Waals surface area (Å²) < 4.78 is 2.04. The second kappa shape index (κ2) is 6.87. The van der Waals surface area contributed by atoms with Crippen molar-refractivity contribution in [3.63, 3.8) is 0 Å². The first-order chi connectivity index (χ1) is 12.6. The molecular formula is C22H25N3O. The van der Waals surface area contributed by atoms with Crippen LogP contribution in [0, 0.1) is 6.92 Å². The number of carbonyl (C=O) groups excluding carboxylic acids is 1. The highest BCUT2D eigenvalue weighted by Crippen LogP contribution is 2.24. The van der Waals surface area contributed by atoms with Crippen molar-refractivity contribution in [1.29, 1.82) is 0 Å². The van der Waals surface area contributed by atoms with Gasteiger partial charge in [0.05, 0.1) is 5.56 Å². The average Bonchev–Trinajstić information content (AvgIpc) is 2.83. The highest BCUT2D eigenvalue weighted by atomic mass is 16.2. The van der Waals surface area contributed by atoms with Gasteiger partial charge in [-0.2, -0.15) is 0 Å². The third kappa shape index (κ3) is 2.96. The molecule has 0 N–H and O–H groups in total. The fraction of sp³-hybridized carbons (Fsp3) is 0.318. The number of anilines is 1. The number of rotatable bonds is 2. The molecule has 1 aromatic heterocycles. The van der Waals surface area contributed by atoms with Gasteiger partial charge in [-0.15, -0.1) is 0 Å². The number of carbonyl (C=O) groups is 1. The van der Waals surface area contributed by atoms with Gasteiger partial charge in [-0.1, -0.05) is 36.4 Å². The summed E-state index contributed by atoms with van der Waals surface area (Å²) in [4.78, 5) is 17.6. The van der Waals surface area contributed by atoms with Gasteiger partial charge in [0.15, 0.2) is 0 Å². The Kier molecular flexibility index (Phi) is 4.41. The first-order valence-electron chi connectivity index (χ1n) is 9.29. The van der Waals surface area contributed by atoms with Crippen molar-refractivity contribution in [3.05, 3.63) is 65.9 Å². The van der Waals surface area contributed by atoms with E-state index in [1.807, 2.05) is 40.9 Å². The van der Waals surface area contributed by atoms with Crippen LogP contribution in [-0.4, -0.2) is 41.6 Å². The van der Waals surface area contributed by atoms with E-state index >= 15 is 0 Å². The number of fused-ring (bicyclic) bond motifs is 1. The summed E-state index contributed by atoms with van der Waals surface area (Å²) in [5.74, 6) is 0.147. The van der Waals surface area contributed by atoms with E-state index < -0.39 is 0 Å². The van der Waals surface area contributed by atoms with Crippen LogP contribution in [0.2, 0.25) is 0 Å². The zero-order valence-electron chi connectivity index (χ0n) is 15.5. The molecule has 3 aromatic rings. The molecule has 1 saturated heterocycles. The van der Waals surface area contributed by atoms with Gasteiger partial charge in [-0.3, -0.25) is 4.79 Å². The van der Waals surface area contributed by atoms with Crippen LogP contribution in [-0.2, 0) is 7.05 Å². The van der Waals surface area contributed by atoms with Crippen LogP contribution in [0.15, 0.2) is 54.7 Å². The van der Waals surface area contributed by atoms with Gasteiger partial charge < -0.3 is 14.4 Å². The van der Waals surface area contributed by atoms with E-state index in [4.69, 9.17) is 0 Å². The number of nitrogens with zero attached hydrogens (tertiary/aromatic N) is 3. The molecule has 2 aromatic carbocycles. The topological polar surface area (TPSA) is 28.5 Å². The number of para-hydroxylation sites is 2. The largest absolute Gasteiger partial charge is 0.369 e. The molecule has 1 amide bonds. The molecule has 1 aliphatic heterocycles. The van der Waals surface area contributed by atoms with E-state index in [1.165, 1.54) is 11.3 Å². The van der Waals surface area contributed by atoms with Crippen molar-refractivity contribution in [2.24, 2.45) is 7.05 Å². The fourth-order valence-electron chi connectivity index (χ4n) is 3.96. The summed E-state index contributed by atoms with van der Waals surface area (Å²) in [6.45, 7) is 5.59. The second-order valence-electron chi connectivity index (χ2n) is 7.09. The maximum Gasteiger partial charge on any atom is 0.256 e.